The highest BCUT2D eigenvalue weighted by atomic mass is 16.6. The summed E-state index contributed by atoms with van der Waals surface area (Å²) >= 11 is 0. The van der Waals surface area contributed by atoms with Crippen molar-refractivity contribution in [2.75, 3.05) is 7.11 Å². The van der Waals surface area contributed by atoms with Gasteiger partial charge < -0.3 is 4.84 Å². The number of nitrogens with zero attached hydrogens (tertiary/aromatic N) is 1. The van der Waals surface area contributed by atoms with Gasteiger partial charge in [0.25, 0.3) is 0 Å². The van der Waals surface area contributed by atoms with E-state index >= 15 is 0 Å². The SMILES string of the molecule is C=Cc1cccc2c1CCC/C2=N\OC. The van der Waals surface area contributed by atoms with Crippen LogP contribution in [0.5, 0.6) is 0 Å². The number of hydrogen-bond acceptors (Lipinski definition) is 2. The summed E-state index contributed by atoms with van der Waals surface area (Å²) in [6.45, 7) is 3.84. The molecule has 0 saturated carbocycles. The second kappa shape index (κ2) is 4.30. The van der Waals surface area contributed by atoms with E-state index < -0.39 is 0 Å². The van der Waals surface area contributed by atoms with Crippen molar-refractivity contribution in [1.82, 2.24) is 0 Å². The molecule has 0 aliphatic heterocycles. The minimum atomic E-state index is 1.00. The third-order valence-electron chi connectivity index (χ3n) is 2.78. The van der Waals surface area contributed by atoms with E-state index in [1.807, 2.05) is 12.1 Å². The smallest absolute Gasteiger partial charge is 0.106 e. The molecule has 0 unspecified atom stereocenters. The Morgan fingerprint density at radius 3 is 3.00 bits per heavy atom. The first-order valence-corrected chi connectivity index (χ1v) is 5.21. The van der Waals surface area contributed by atoms with Crippen molar-refractivity contribution in [2.45, 2.75) is 19.3 Å². The summed E-state index contributed by atoms with van der Waals surface area (Å²) in [6, 6.07) is 6.26. The third kappa shape index (κ3) is 1.80. The predicted molar refractivity (Wildman–Crippen MR) is 63.0 cm³/mol. The molecular formula is C13H15NO. The highest BCUT2D eigenvalue weighted by Crippen LogP contribution is 2.25. The molecule has 2 rings (SSSR count). The Bertz CT molecular complexity index is 407. The zero-order valence-corrected chi connectivity index (χ0v) is 8.99. The van der Waals surface area contributed by atoms with E-state index in [1.165, 1.54) is 16.7 Å². The zero-order chi connectivity index (χ0) is 10.7. The summed E-state index contributed by atoms with van der Waals surface area (Å²) in [7, 11) is 1.60. The van der Waals surface area contributed by atoms with Gasteiger partial charge >= 0.3 is 0 Å². The average molecular weight is 201 g/mol. The molecule has 2 heteroatoms. The lowest BCUT2D eigenvalue weighted by Gasteiger charge is -2.19. The van der Waals surface area contributed by atoms with Crippen LogP contribution in [0.3, 0.4) is 0 Å². The lowest BCUT2D eigenvalue weighted by molar-refractivity contribution is 0.212. The first kappa shape index (κ1) is 9.97. The van der Waals surface area contributed by atoms with Crippen LogP contribution in [0, 0.1) is 0 Å². The van der Waals surface area contributed by atoms with E-state index in [2.05, 4.69) is 23.9 Å². The van der Waals surface area contributed by atoms with Gasteiger partial charge in [-0.2, -0.15) is 0 Å². The molecule has 1 aliphatic rings. The van der Waals surface area contributed by atoms with Crippen LogP contribution < -0.4 is 0 Å². The fourth-order valence-corrected chi connectivity index (χ4v) is 2.12. The number of oxime groups is 1. The summed E-state index contributed by atoms with van der Waals surface area (Å²) in [4.78, 5) is 4.87. The maximum atomic E-state index is 4.87. The number of benzene rings is 1. The molecule has 0 fully saturated rings. The molecule has 0 radical (unpaired) electrons. The minimum absolute atomic E-state index is 1.00. The van der Waals surface area contributed by atoms with Crippen molar-refractivity contribution in [3.05, 3.63) is 41.5 Å². The molecule has 0 atom stereocenters. The predicted octanol–water partition coefficient (Wildman–Crippen LogP) is 3.02. The van der Waals surface area contributed by atoms with Crippen LogP contribution in [0.15, 0.2) is 29.9 Å². The van der Waals surface area contributed by atoms with Crippen LogP contribution in [-0.4, -0.2) is 12.8 Å². The van der Waals surface area contributed by atoms with Gasteiger partial charge in [0.2, 0.25) is 0 Å². The monoisotopic (exact) mass is 201 g/mol. The van der Waals surface area contributed by atoms with Gasteiger partial charge in [-0.15, -0.1) is 0 Å². The Hall–Kier alpha value is -1.57. The van der Waals surface area contributed by atoms with Crippen molar-refractivity contribution in [3.63, 3.8) is 0 Å². The standard InChI is InChI=1S/C13H15NO/c1-3-10-6-4-8-12-11(10)7-5-9-13(12)14-15-2/h3-4,6,8H,1,5,7,9H2,2H3/b14-13+. The maximum absolute atomic E-state index is 4.87. The highest BCUT2D eigenvalue weighted by Gasteiger charge is 2.17. The van der Waals surface area contributed by atoms with Gasteiger partial charge in [0.05, 0.1) is 5.71 Å². The van der Waals surface area contributed by atoms with Crippen molar-refractivity contribution in [1.29, 1.82) is 0 Å². The number of hydrogen-bond donors (Lipinski definition) is 0. The topological polar surface area (TPSA) is 21.6 Å². The molecule has 0 aromatic heterocycles. The molecule has 0 spiro atoms. The van der Waals surface area contributed by atoms with E-state index in [0.717, 1.165) is 25.0 Å². The fraction of sp³-hybridized carbons (Fsp3) is 0.308. The van der Waals surface area contributed by atoms with Crippen molar-refractivity contribution < 1.29 is 4.84 Å². The lowest BCUT2D eigenvalue weighted by atomic mass is 9.87. The molecule has 0 saturated heterocycles. The molecular weight excluding hydrogens is 186 g/mol. The summed E-state index contributed by atoms with van der Waals surface area (Å²) in [5.41, 5.74) is 4.86. The minimum Gasteiger partial charge on any atom is -0.399 e. The Labute approximate surface area is 90.3 Å². The molecule has 2 nitrogen and oxygen atoms in total. The van der Waals surface area contributed by atoms with E-state index in [-0.39, 0.29) is 0 Å². The van der Waals surface area contributed by atoms with E-state index in [1.54, 1.807) is 7.11 Å². The Balaban J connectivity index is 2.53. The first-order chi connectivity index (χ1) is 7.36. The van der Waals surface area contributed by atoms with E-state index in [0.29, 0.717) is 0 Å². The molecule has 0 amide bonds. The summed E-state index contributed by atoms with van der Waals surface area (Å²) in [5.74, 6) is 0. The molecule has 0 heterocycles. The first-order valence-electron chi connectivity index (χ1n) is 5.21. The normalized spacial score (nSPS) is 17.3. The van der Waals surface area contributed by atoms with Crippen LogP contribution in [0.25, 0.3) is 6.08 Å². The van der Waals surface area contributed by atoms with Crippen molar-refractivity contribution in [2.24, 2.45) is 5.16 Å². The quantitative estimate of drug-likeness (QED) is 0.674. The molecule has 0 N–H and O–H groups in total. The fourth-order valence-electron chi connectivity index (χ4n) is 2.12. The summed E-state index contributed by atoms with van der Waals surface area (Å²) in [6.07, 6.45) is 5.16. The van der Waals surface area contributed by atoms with Crippen LogP contribution in [0.4, 0.5) is 0 Å². The summed E-state index contributed by atoms with van der Waals surface area (Å²) in [5, 5.41) is 4.08. The van der Waals surface area contributed by atoms with Crippen molar-refractivity contribution in [3.8, 4) is 0 Å². The molecule has 1 aromatic rings. The summed E-state index contributed by atoms with van der Waals surface area (Å²) < 4.78 is 0. The van der Waals surface area contributed by atoms with Crippen LogP contribution >= 0.6 is 0 Å². The molecule has 0 bridgehead atoms. The molecule has 78 valence electrons. The van der Waals surface area contributed by atoms with E-state index in [4.69, 9.17) is 4.84 Å². The van der Waals surface area contributed by atoms with Crippen molar-refractivity contribution >= 4 is 11.8 Å². The van der Waals surface area contributed by atoms with Gasteiger partial charge in [0.15, 0.2) is 0 Å². The molecule has 1 aliphatic carbocycles. The second-order valence-electron chi connectivity index (χ2n) is 3.65. The highest BCUT2D eigenvalue weighted by molar-refractivity contribution is 6.03. The Kier molecular flexibility index (Phi) is 2.86. The van der Waals surface area contributed by atoms with Gasteiger partial charge in [-0.25, -0.2) is 0 Å². The molecule has 15 heavy (non-hydrogen) atoms. The van der Waals surface area contributed by atoms with Gasteiger partial charge in [0.1, 0.15) is 7.11 Å². The van der Waals surface area contributed by atoms with Gasteiger partial charge in [0, 0.05) is 5.56 Å². The number of rotatable bonds is 2. The van der Waals surface area contributed by atoms with Gasteiger partial charge in [-0.05, 0) is 30.4 Å². The third-order valence-corrected chi connectivity index (χ3v) is 2.78. The van der Waals surface area contributed by atoms with Crippen LogP contribution in [0.2, 0.25) is 0 Å². The largest absolute Gasteiger partial charge is 0.399 e. The van der Waals surface area contributed by atoms with Crippen LogP contribution in [-0.2, 0) is 11.3 Å². The molecule has 1 aromatic carbocycles. The average Bonchev–Trinajstić information content (AvgIpc) is 2.29. The van der Waals surface area contributed by atoms with Gasteiger partial charge in [-0.1, -0.05) is 36.0 Å². The van der Waals surface area contributed by atoms with Gasteiger partial charge in [-0.3, -0.25) is 0 Å². The second-order valence-corrected chi connectivity index (χ2v) is 3.65. The zero-order valence-electron chi connectivity index (χ0n) is 8.99. The Morgan fingerprint density at radius 1 is 1.40 bits per heavy atom. The Morgan fingerprint density at radius 2 is 2.27 bits per heavy atom. The lowest BCUT2D eigenvalue weighted by Crippen LogP contribution is -2.13. The number of fused-ring (bicyclic) bond motifs is 1. The van der Waals surface area contributed by atoms with Crippen LogP contribution in [0.1, 0.15) is 29.5 Å². The maximum Gasteiger partial charge on any atom is 0.106 e. The van der Waals surface area contributed by atoms with E-state index in [9.17, 15) is 0 Å².